The zero-order valence-corrected chi connectivity index (χ0v) is 12.0. The highest BCUT2D eigenvalue weighted by molar-refractivity contribution is 5.17. The molecule has 1 aromatic carbocycles. The summed E-state index contributed by atoms with van der Waals surface area (Å²) in [4.78, 5) is 2.45. The van der Waals surface area contributed by atoms with Crippen molar-refractivity contribution in [3.8, 4) is 0 Å². The molecule has 1 aliphatic heterocycles. The van der Waals surface area contributed by atoms with Gasteiger partial charge in [-0.05, 0) is 37.4 Å². The summed E-state index contributed by atoms with van der Waals surface area (Å²) in [5.74, 6) is -0.0728. The van der Waals surface area contributed by atoms with E-state index in [0.717, 1.165) is 31.6 Å². The molecule has 106 valence electrons. The second kappa shape index (κ2) is 7.01. The van der Waals surface area contributed by atoms with Crippen molar-refractivity contribution in [2.24, 2.45) is 0 Å². The van der Waals surface area contributed by atoms with Crippen LogP contribution < -0.4 is 5.32 Å². The smallest absolute Gasteiger partial charge is 0.126 e. The number of hydrogen-bond acceptors (Lipinski definition) is 2. The minimum absolute atomic E-state index is 0.0728. The molecule has 1 aromatic rings. The monoisotopic (exact) mass is 264 g/mol. The van der Waals surface area contributed by atoms with Gasteiger partial charge < -0.3 is 10.2 Å². The molecule has 3 heteroatoms. The van der Waals surface area contributed by atoms with Crippen LogP contribution in [-0.2, 0) is 6.42 Å². The minimum Gasteiger partial charge on any atom is -0.311 e. The number of likely N-dealkylation sites (tertiary alicyclic amines) is 1. The van der Waals surface area contributed by atoms with Crippen LogP contribution in [0.4, 0.5) is 4.39 Å². The van der Waals surface area contributed by atoms with Crippen molar-refractivity contribution in [1.82, 2.24) is 10.2 Å². The number of hydrogen-bond donors (Lipinski definition) is 1. The Balaban J connectivity index is 1.81. The van der Waals surface area contributed by atoms with Crippen molar-refractivity contribution in [3.05, 3.63) is 35.6 Å². The minimum atomic E-state index is -0.0728. The zero-order valence-electron chi connectivity index (χ0n) is 12.0. The fourth-order valence-electron chi connectivity index (χ4n) is 2.85. The molecule has 0 aromatic heterocycles. The third-order valence-electron chi connectivity index (χ3n) is 3.73. The molecule has 1 atom stereocenters. The molecular formula is C16H25FN2. The second-order valence-electron chi connectivity index (χ2n) is 5.80. The Labute approximate surface area is 116 Å². The van der Waals surface area contributed by atoms with Crippen LogP contribution in [0, 0.1) is 5.82 Å². The number of piperidine rings is 1. The molecule has 0 spiro atoms. The normalized spacial score (nSPS) is 20.9. The largest absolute Gasteiger partial charge is 0.311 e. The lowest BCUT2D eigenvalue weighted by atomic mass is 10.0. The Morgan fingerprint density at radius 1 is 1.37 bits per heavy atom. The van der Waals surface area contributed by atoms with E-state index in [0.29, 0.717) is 12.1 Å². The Bertz CT molecular complexity index is 392. The standard InChI is InChI=1S/C16H25FN2/c1-13(2)18-15-7-5-10-19(12-15)11-9-14-6-3-4-8-16(14)17/h3-4,6,8,13,15,18H,5,7,9-12H2,1-2H3. The van der Waals surface area contributed by atoms with E-state index in [1.54, 1.807) is 12.1 Å². The van der Waals surface area contributed by atoms with Crippen molar-refractivity contribution in [3.63, 3.8) is 0 Å². The first-order valence-corrected chi connectivity index (χ1v) is 7.37. The highest BCUT2D eigenvalue weighted by atomic mass is 19.1. The molecule has 0 radical (unpaired) electrons. The van der Waals surface area contributed by atoms with Crippen LogP contribution in [0.25, 0.3) is 0 Å². The van der Waals surface area contributed by atoms with Crippen molar-refractivity contribution < 1.29 is 4.39 Å². The third kappa shape index (κ3) is 4.59. The molecule has 2 rings (SSSR count). The van der Waals surface area contributed by atoms with E-state index in [4.69, 9.17) is 0 Å². The van der Waals surface area contributed by atoms with Gasteiger partial charge in [0.1, 0.15) is 5.82 Å². The molecule has 0 bridgehead atoms. The molecular weight excluding hydrogens is 239 g/mol. The molecule has 2 nitrogen and oxygen atoms in total. The number of benzene rings is 1. The van der Waals surface area contributed by atoms with Crippen molar-refractivity contribution in [1.29, 1.82) is 0 Å². The SMILES string of the molecule is CC(C)NC1CCCN(CCc2ccccc2F)C1. The van der Waals surface area contributed by atoms with Gasteiger partial charge in [-0.2, -0.15) is 0 Å². The first kappa shape index (κ1) is 14.5. The lowest BCUT2D eigenvalue weighted by Gasteiger charge is -2.34. The summed E-state index contributed by atoms with van der Waals surface area (Å²) in [5, 5.41) is 3.61. The van der Waals surface area contributed by atoms with Crippen LogP contribution in [0.1, 0.15) is 32.3 Å². The van der Waals surface area contributed by atoms with Crippen LogP contribution in [0.2, 0.25) is 0 Å². The van der Waals surface area contributed by atoms with E-state index in [1.165, 1.54) is 12.8 Å². The first-order chi connectivity index (χ1) is 9.15. The van der Waals surface area contributed by atoms with E-state index in [9.17, 15) is 4.39 Å². The molecule has 1 heterocycles. The van der Waals surface area contributed by atoms with E-state index in [1.807, 2.05) is 12.1 Å². The molecule has 0 aliphatic carbocycles. The predicted molar refractivity (Wildman–Crippen MR) is 77.8 cm³/mol. The first-order valence-electron chi connectivity index (χ1n) is 7.37. The van der Waals surface area contributed by atoms with Gasteiger partial charge in [-0.3, -0.25) is 0 Å². The van der Waals surface area contributed by atoms with Gasteiger partial charge in [0.15, 0.2) is 0 Å². The van der Waals surface area contributed by atoms with Crippen LogP contribution in [0.3, 0.4) is 0 Å². The molecule has 1 fully saturated rings. The average Bonchev–Trinajstić information content (AvgIpc) is 2.37. The zero-order chi connectivity index (χ0) is 13.7. The van der Waals surface area contributed by atoms with Gasteiger partial charge in [-0.15, -0.1) is 0 Å². The lowest BCUT2D eigenvalue weighted by Crippen LogP contribution is -2.48. The van der Waals surface area contributed by atoms with Gasteiger partial charge in [0.05, 0.1) is 0 Å². The maximum absolute atomic E-state index is 13.6. The highest BCUT2D eigenvalue weighted by Gasteiger charge is 2.19. The molecule has 1 unspecified atom stereocenters. The fraction of sp³-hybridized carbons (Fsp3) is 0.625. The maximum atomic E-state index is 13.6. The Morgan fingerprint density at radius 2 is 2.16 bits per heavy atom. The van der Waals surface area contributed by atoms with Crippen LogP contribution >= 0.6 is 0 Å². The van der Waals surface area contributed by atoms with E-state index >= 15 is 0 Å². The van der Waals surface area contributed by atoms with Crippen LogP contribution in [-0.4, -0.2) is 36.6 Å². The third-order valence-corrected chi connectivity index (χ3v) is 3.73. The van der Waals surface area contributed by atoms with E-state index in [2.05, 4.69) is 24.1 Å². The number of nitrogens with one attached hydrogen (secondary N) is 1. The van der Waals surface area contributed by atoms with Crippen LogP contribution in [0.5, 0.6) is 0 Å². The van der Waals surface area contributed by atoms with Crippen molar-refractivity contribution in [2.45, 2.75) is 45.2 Å². The van der Waals surface area contributed by atoms with Gasteiger partial charge in [-0.1, -0.05) is 32.0 Å². The predicted octanol–water partition coefficient (Wildman–Crippen LogP) is 2.83. The van der Waals surface area contributed by atoms with Gasteiger partial charge in [-0.25, -0.2) is 4.39 Å². The summed E-state index contributed by atoms with van der Waals surface area (Å²) in [6, 6.07) is 8.24. The maximum Gasteiger partial charge on any atom is 0.126 e. The second-order valence-corrected chi connectivity index (χ2v) is 5.80. The molecule has 1 saturated heterocycles. The summed E-state index contributed by atoms with van der Waals surface area (Å²) in [5.41, 5.74) is 0.835. The fourth-order valence-corrected chi connectivity index (χ4v) is 2.85. The summed E-state index contributed by atoms with van der Waals surface area (Å²) < 4.78 is 13.6. The molecule has 1 N–H and O–H groups in total. The summed E-state index contributed by atoms with van der Waals surface area (Å²) in [6.45, 7) is 7.57. The Kier molecular flexibility index (Phi) is 5.34. The van der Waals surface area contributed by atoms with Gasteiger partial charge in [0.2, 0.25) is 0 Å². The molecule has 19 heavy (non-hydrogen) atoms. The van der Waals surface area contributed by atoms with Crippen molar-refractivity contribution in [2.75, 3.05) is 19.6 Å². The van der Waals surface area contributed by atoms with Gasteiger partial charge in [0.25, 0.3) is 0 Å². The van der Waals surface area contributed by atoms with Gasteiger partial charge >= 0.3 is 0 Å². The lowest BCUT2D eigenvalue weighted by molar-refractivity contribution is 0.187. The number of rotatable bonds is 5. The Hall–Kier alpha value is -0.930. The van der Waals surface area contributed by atoms with Crippen molar-refractivity contribution >= 4 is 0 Å². The van der Waals surface area contributed by atoms with E-state index in [-0.39, 0.29) is 5.82 Å². The number of halogens is 1. The summed E-state index contributed by atoms with van der Waals surface area (Å²) in [7, 11) is 0. The average molecular weight is 264 g/mol. The Morgan fingerprint density at radius 3 is 2.89 bits per heavy atom. The molecule has 0 amide bonds. The summed E-state index contributed by atoms with van der Waals surface area (Å²) in [6.07, 6.45) is 3.30. The van der Waals surface area contributed by atoms with E-state index < -0.39 is 0 Å². The quantitative estimate of drug-likeness (QED) is 0.880. The number of nitrogens with zero attached hydrogens (tertiary/aromatic N) is 1. The summed E-state index contributed by atoms with van der Waals surface area (Å²) >= 11 is 0. The van der Waals surface area contributed by atoms with Gasteiger partial charge in [0, 0.05) is 25.2 Å². The van der Waals surface area contributed by atoms with Crippen LogP contribution in [0.15, 0.2) is 24.3 Å². The molecule has 1 aliphatic rings. The topological polar surface area (TPSA) is 15.3 Å². The molecule has 0 saturated carbocycles. The highest BCUT2D eigenvalue weighted by Crippen LogP contribution is 2.13.